The molecular weight excluding hydrogens is 316 g/mol. The number of nitrogens with one attached hydrogen (secondary N) is 1. The lowest BCUT2D eigenvalue weighted by atomic mass is 10.0. The average molecular weight is 337 g/mol. The second kappa shape index (κ2) is 7.54. The standard InChI is InChI=1S/C16H20N2O6/c1-18-12-6-10(4-2-9(12)3-5-14(18)22)17-11(7-19)15(23)16(24)13(21)8-20/h2-7,11,13,15-17,20-21,23-24H,8H2,1H3/t11-,13+,15+,16+/m0/s1/i/hD. The summed E-state index contributed by atoms with van der Waals surface area (Å²) in [7, 11) is 1.57. The Labute approximate surface area is 139 Å². The predicted molar refractivity (Wildman–Crippen MR) is 87.8 cm³/mol. The molecule has 0 spiro atoms. The van der Waals surface area contributed by atoms with Crippen LogP contribution in [0.15, 0.2) is 35.1 Å². The van der Waals surface area contributed by atoms with Gasteiger partial charge >= 0.3 is 0 Å². The summed E-state index contributed by atoms with van der Waals surface area (Å²) in [5.41, 5.74) is 0.488. The minimum absolute atomic E-state index is 0.204. The van der Waals surface area contributed by atoms with Gasteiger partial charge in [0.1, 0.15) is 30.6 Å². The van der Waals surface area contributed by atoms with E-state index in [0.717, 1.165) is 5.39 Å². The first-order valence-electron chi connectivity index (χ1n) is 7.74. The summed E-state index contributed by atoms with van der Waals surface area (Å²) in [6.45, 7) is -0.806. The van der Waals surface area contributed by atoms with Crippen LogP contribution in [0.1, 0.15) is 0 Å². The molecule has 1 aromatic carbocycles. The van der Waals surface area contributed by atoms with Gasteiger partial charge < -0.3 is 35.1 Å². The molecule has 24 heavy (non-hydrogen) atoms. The summed E-state index contributed by atoms with van der Waals surface area (Å²) in [6, 6.07) is 6.22. The second-order valence-electron chi connectivity index (χ2n) is 5.46. The van der Waals surface area contributed by atoms with Gasteiger partial charge in [-0.2, -0.15) is 0 Å². The summed E-state index contributed by atoms with van der Waals surface area (Å²) in [5.74, 6) is 0. The highest BCUT2D eigenvalue weighted by Gasteiger charge is 2.31. The van der Waals surface area contributed by atoms with Crippen molar-refractivity contribution < 1.29 is 26.6 Å². The number of hydrogen-bond acceptors (Lipinski definition) is 7. The summed E-state index contributed by atoms with van der Waals surface area (Å²) >= 11 is 0. The number of pyridine rings is 1. The number of carbonyl (C=O) groups excluding carboxylic acids is 1. The van der Waals surface area contributed by atoms with Crippen molar-refractivity contribution in [3.63, 3.8) is 0 Å². The fourth-order valence-corrected chi connectivity index (χ4v) is 2.33. The van der Waals surface area contributed by atoms with Gasteiger partial charge in [-0.05, 0) is 23.6 Å². The van der Waals surface area contributed by atoms with Crippen LogP contribution < -0.4 is 10.9 Å². The number of nitrogens with zero attached hydrogens (tertiary/aromatic N) is 1. The van der Waals surface area contributed by atoms with E-state index in [9.17, 15) is 24.9 Å². The summed E-state index contributed by atoms with van der Waals surface area (Å²) < 4.78 is 9.47. The van der Waals surface area contributed by atoms with Gasteiger partial charge in [0.15, 0.2) is 1.41 Å². The zero-order valence-electron chi connectivity index (χ0n) is 14.0. The van der Waals surface area contributed by atoms with E-state index < -0.39 is 31.0 Å². The number of fused-ring (bicyclic) bond motifs is 1. The molecule has 0 bridgehead atoms. The number of aryl methyl sites for hydroxylation is 1. The molecule has 2 aromatic rings. The van der Waals surface area contributed by atoms with Crippen molar-refractivity contribution in [1.29, 1.82) is 0 Å². The lowest BCUT2D eigenvalue weighted by molar-refractivity contribution is -0.117. The molecule has 0 unspecified atom stereocenters. The van der Waals surface area contributed by atoms with Crippen molar-refractivity contribution in [3.05, 3.63) is 40.7 Å². The van der Waals surface area contributed by atoms with Gasteiger partial charge in [0.25, 0.3) is 5.56 Å². The minimum atomic E-state index is -1.81. The maximum Gasteiger partial charge on any atom is 0.250 e. The summed E-state index contributed by atoms with van der Waals surface area (Å²) in [4.78, 5) is 23.1. The van der Waals surface area contributed by atoms with Gasteiger partial charge in [0.05, 0.1) is 12.1 Å². The molecule has 0 fully saturated rings. The first kappa shape index (κ1) is 16.6. The molecule has 8 nitrogen and oxygen atoms in total. The molecule has 4 atom stereocenters. The number of anilines is 1. The Morgan fingerprint density at radius 2 is 1.92 bits per heavy atom. The lowest BCUT2D eigenvalue weighted by Crippen LogP contribution is -2.49. The Balaban J connectivity index is 2.38. The van der Waals surface area contributed by atoms with Crippen LogP contribution in [-0.2, 0) is 11.8 Å². The number of hydrogen-bond donors (Lipinski definition) is 5. The lowest BCUT2D eigenvalue weighted by Gasteiger charge is -2.27. The molecule has 2 rings (SSSR count). The molecule has 0 radical (unpaired) electrons. The van der Waals surface area contributed by atoms with Crippen LogP contribution in [0.4, 0.5) is 5.69 Å². The highest BCUT2D eigenvalue weighted by molar-refractivity contribution is 5.83. The average Bonchev–Trinajstić information content (AvgIpc) is 2.63. The summed E-state index contributed by atoms with van der Waals surface area (Å²) in [5, 5.41) is 39.5. The van der Waals surface area contributed by atoms with Crippen molar-refractivity contribution in [2.24, 2.45) is 7.05 Å². The van der Waals surface area contributed by atoms with Crippen LogP contribution in [0, 0.1) is 0 Å². The van der Waals surface area contributed by atoms with Crippen LogP contribution in [0.5, 0.6) is 0 Å². The smallest absolute Gasteiger partial charge is 0.250 e. The molecule has 0 saturated heterocycles. The van der Waals surface area contributed by atoms with Gasteiger partial charge in [-0.25, -0.2) is 0 Å². The molecule has 1 heterocycles. The number of carbonyl (C=O) groups is 1. The van der Waals surface area contributed by atoms with E-state index in [-0.39, 0.29) is 17.5 Å². The van der Waals surface area contributed by atoms with Gasteiger partial charge in [0.2, 0.25) is 0 Å². The van der Waals surface area contributed by atoms with Crippen molar-refractivity contribution >= 4 is 22.9 Å². The summed E-state index contributed by atoms with van der Waals surface area (Å²) in [6.07, 6.45) is -4.99. The number of aliphatic hydroxyl groups is 4. The molecule has 5 N–H and O–H groups in total. The Morgan fingerprint density at radius 1 is 1.25 bits per heavy atom. The van der Waals surface area contributed by atoms with Gasteiger partial charge in [-0.15, -0.1) is 0 Å². The number of aldehydes is 1. The Bertz CT molecular complexity index is 811. The van der Waals surface area contributed by atoms with Gasteiger partial charge in [-0.3, -0.25) is 4.79 Å². The number of rotatable bonds is 7. The van der Waals surface area contributed by atoms with E-state index in [1.54, 1.807) is 19.2 Å². The molecular formula is C16H20N2O6. The fourth-order valence-electron chi connectivity index (χ4n) is 2.33. The van der Waals surface area contributed by atoms with Crippen LogP contribution in [0.3, 0.4) is 0 Å². The molecule has 0 amide bonds. The maximum atomic E-state index is 11.7. The predicted octanol–water partition coefficient (Wildman–Crippen LogP) is -1.41. The van der Waals surface area contributed by atoms with Crippen molar-refractivity contribution in [1.82, 2.24) is 4.57 Å². The van der Waals surface area contributed by atoms with Gasteiger partial charge in [0, 0.05) is 18.8 Å². The largest absolute Gasteiger partial charge is 0.394 e. The van der Waals surface area contributed by atoms with E-state index in [0.29, 0.717) is 10.8 Å². The highest BCUT2D eigenvalue weighted by atomic mass is 16.4. The number of benzene rings is 1. The topological polar surface area (TPSA) is 132 Å². The van der Waals surface area contributed by atoms with E-state index >= 15 is 0 Å². The third kappa shape index (κ3) is 3.62. The van der Waals surface area contributed by atoms with E-state index in [2.05, 4.69) is 0 Å². The van der Waals surface area contributed by atoms with Crippen LogP contribution in [0.2, 0.25) is 1.41 Å². The second-order valence-corrected chi connectivity index (χ2v) is 5.46. The Hall–Kier alpha value is -2.26. The number of aromatic nitrogens is 1. The molecule has 0 aliphatic rings. The van der Waals surface area contributed by atoms with E-state index in [1.165, 1.54) is 22.8 Å². The normalized spacial score (nSPS) is 17.0. The first-order chi connectivity index (χ1) is 11.8. The SMILES string of the molecule is [2H]N(c1ccc2ccc(=O)n(C)c2c1)[C@@H](C=O)[C@@H](O)[C@H](O)[C@H](O)CO. The molecule has 0 aliphatic heterocycles. The highest BCUT2D eigenvalue weighted by Crippen LogP contribution is 2.19. The van der Waals surface area contributed by atoms with Crippen molar-refractivity contribution in [2.75, 3.05) is 11.9 Å². The Kier molecular flexibility index (Phi) is 5.21. The molecule has 8 heteroatoms. The quantitative estimate of drug-likeness (QED) is 0.392. The zero-order chi connectivity index (χ0) is 18.7. The Morgan fingerprint density at radius 3 is 2.54 bits per heavy atom. The maximum absolute atomic E-state index is 11.7. The fraction of sp³-hybridized carbons (Fsp3) is 0.375. The van der Waals surface area contributed by atoms with E-state index in [1.807, 2.05) is 0 Å². The van der Waals surface area contributed by atoms with Crippen LogP contribution in [0.25, 0.3) is 10.9 Å². The third-order valence-electron chi connectivity index (χ3n) is 3.83. The van der Waals surface area contributed by atoms with Crippen molar-refractivity contribution in [2.45, 2.75) is 24.4 Å². The van der Waals surface area contributed by atoms with Crippen LogP contribution in [-0.4, -0.2) is 62.2 Å². The third-order valence-corrected chi connectivity index (χ3v) is 3.83. The number of aliphatic hydroxyl groups excluding tert-OH is 4. The minimum Gasteiger partial charge on any atom is -0.394 e. The molecule has 0 saturated carbocycles. The molecule has 0 aliphatic carbocycles. The molecule has 130 valence electrons. The zero-order valence-corrected chi connectivity index (χ0v) is 13.0. The van der Waals surface area contributed by atoms with Crippen LogP contribution >= 0.6 is 0 Å². The monoisotopic (exact) mass is 337 g/mol. The van der Waals surface area contributed by atoms with E-state index in [4.69, 9.17) is 6.52 Å². The first-order valence-corrected chi connectivity index (χ1v) is 7.30. The molecule has 1 aromatic heterocycles. The van der Waals surface area contributed by atoms with Crippen molar-refractivity contribution in [3.8, 4) is 0 Å². The van der Waals surface area contributed by atoms with Gasteiger partial charge in [-0.1, -0.05) is 6.07 Å².